The van der Waals surface area contributed by atoms with Crippen molar-refractivity contribution in [1.82, 2.24) is 9.80 Å². The van der Waals surface area contributed by atoms with Crippen molar-refractivity contribution in [3.63, 3.8) is 0 Å². The van der Waals surface area contributed by atoms with Gasteiger partial charge in [0.1, 0.15) is 13.2 Å². The Balaban J connectivity index is 1.45. The molecule has 0 aliphatic carbocycles. The molecule has 7 nitrogen and oxygen atoms in total. The molecule has 1 aromatic carbocycles. The highest BCUT2D eigenvalue weighted by atomic mass is 16.6. The Morgan fingerprint density at radius 1 is 1.00 bits per heavy atom. The Kier molecular flexibility index (Phi) is 5.53. The zero-order valence-electron chi connectivity index (χ0n) is 14.1. The van der Waals surface area contributed by atoms with Gasteiger partial charge in [-0.2, -0.15) is 0 Å². The first kappa shape index (κ1) is 17.3. The van der Waals surface area contributed by atoms with Gasteiger partial charge in [-0.1, -0.05) is 0 Å². The summed E-state index contributed by atoms with van der Waals surface area (Å²) in [6, 6.07) is 5.19. The third-order valence-corrected chi connectivity index (χ3v) is 4.47. The number of rotatable bonds is 6. The fourth-order valence-electron chi connectivity index (χ4n) is 3.00. The van der Waals surface area contributed by atoms with Crippen LogP contribution in [0.25, 0.3) is 0 Å². The van der Waals surface area contributed by atoms with Gasteiger partial charge in [0.15, 0.2) is 17.3 Å². The van der Waals surface area contributed by atoms with Crippen LogP contribution in [0.1, 0.15) is 29.6 Å². The molecule has 134 valence electrons. The predicted molar refractivity (Wildman–Crippen MR) is 89.8 cm³/mol. The second-order valence-electron chi connectivity index (χ2n) is 6.16. The standard InChI is InChI=1S/C18H22N2O5/c21-13-19-6-8-20(9-7-19)18(23)3-1-2-15(22)14-4-5-16-17(12-14)25-11-10-24-16/h4-5,12-13H,1-3,6-11H2. The summed E-state index contributed by atoms with van der Waals surface area (Å²) in [5.74, 6) is 1.30. The van der Waals surface area contributed by atoms with Gasteiger partial charge in [-0.05, 0) is 24.6 Å². The number of hydrogen-bond acceptors (Lipinski definition) is 5. The minimum Gasteiger partial charge on any atom is -0.486 e. The average Bonchev–Trinajstić information content (AvgIpc) is 2.67. The maximum atomic E-state index is 12.3. The smallest absolute Gasteiger partial charge is 0.222 e. The van der Waals surface area contributed by atoms with E-state index >= 15 is 0 Å². The van der Waals surface area contributed by atoms with Crippen LogP contribution in [0.15, 0.2) is 18.2 Å². The molecule has 3 rings (SSSR count). The molecule has 0 unspecified atom stereocenters. The maximum absolute atomic E-state index is 12.3. The van der Waals surface area contributed by atoms with Gasteiger partial charge in [-0.15, -0.1) is 0 Å². The first-order chi connectivity index (χ1) is 12.2. The molecule has 0 spiro atoms. The number of piperazine rings is 1. The van der Waals surface area contributed by atoms with Crippen molar-refractivity contribution in [2.75, 3.05) is 39.4 Å². The number of carbonyl (C=O) groups is 3. The summed E-state index contributed by atoms with van der Waals surface area (Å²) in [5.41, 5.74) is 0.580. The second kappa shape index (κ2) is 8.00. The number of nitrogens with zero attached hydrogens (tertiary/aromatic N) is 2. The number of amides is 2. The molecule has 0 saturated carbocycles. The molecule has 1 aromatic rings. The molecule has 0 atom stereocenters. The van der Waals surface area contributed by atoms with Crippen LogP contribution in [0.4, 0.5) is 0 Å². The average molecular weight is 346 g/mol. The van der Waals surface area contributed by atoms with Crippen LogP contribution in [0.3, 0.4) is 0 Å². The summed E-state index contributed by atoms with van der Waals surface area (Å²) in [7, 11) is 0. The molecule has 2 amide bonds. The van der Waals surface area contributed by atoms with Crippen LogP contribution in [0.2, 0.25) is 0 Å². The van der Waals surface area contributed by atoms with Gasteiger partial charge >= 0.3 is 0 Å². The first-order valence-corrected chi connectivity index (χ1v) is 8.57. The van der Waals surface area contributed by atoms with Gasteiger partial charge < -0.3 is 19.3 Å². The lowest BCUT2D eigenvalue weighted by atomic mass is 10.0. The summed E-state index contributed by atoms with van der Waals surface area (Å²) in [5, 5.41) is 0. The molecule has 2 aliphatic heterocycles. The Labute approximate surface area is 146 Å². The van der Waals surface area contributed by atoms with E-state index in [9.17, 15) is 14.4 Å². The van der Waals surface area contributed by atoms with Crippen LogP contribution in [0, 0.1) is 0 Å². The summed E-state index contributed by atoms with van der Waals surface area (Å²) in [4.78, 5) is 38.6. The fraction of sp³-hybridized carbons (Fsp3) is 0.500. The molecule has 1 saturated heterocycles. The van der Waals surface area contributed by atoms with Crippen molar-refractivity contribution < 1.29 is 23.9 Å². The highest BCUT2D eigenvalue weighted by Crippen LogP contribution is 2.31. The van der Waals surface area contributed by atoms with E-state index in [1.165, 1.54) is 0 Å². The summed E-state index contributed by atoms with van der Waals surface area (Å²) in [6.07, 6.45) is 1.99. The monoisotopic (exact) mass is 346 g/mol. The second-order valence-corrected chi connectivity index (χ2v) is 6.16. The normalized spacial score (nSPS) is 16.5. The first-order valence-electron chi connectivity index (χ1n) is 8.57. The molecule has 25 heavy (non-hydrogen) atoms. The molecule has 2 heterocycles. The molecule has 0 aromatic heterocycles. The Hall–Kier alpha value is -2.57. The van der Waals surface area contributed by atoms with E-state index in [0.717, 1.165) is 6.41 Å². The Bertz CT molecular complexity index is 653. The number of Topliss-reactive ketones (excluding diaryl/α,β-unsaturated/α-hetero) is 1. The quantitative estimate of drug-likeness (QED) is 0.570. The molecular weight excluding hydrogens is 324 g/mol. The molecule has 0 bridgehead atoms. The summed E-state index contributed by atoms with van der Waals surface area (Å²) >= 11 is 0. The molecule has 0 N–H and O–H groups in total. The van der Waals surface area contributed by atoms with Crippen LogP contribution in [-0.2, 0) is 9.59 Å². The highest BCUT2D eigenvalue weighted by Gasteiger charge is 2.20. The van der Waals surface area contributed by atoms with Crippen molar-refractivity contribution >= 4 is 18.1 Å². The molecule has 2 aliphatic rings. The lowest BCUT2D eigenvalue weighted by Crippen LogP contribution is -2.48. The van der Waals surface area contributed by atoms with Crippen LogP contribution in [-0.4, -0.2) is 67.3 Å². The summed E-state index contributed by atoms with van der Waals surface area (Å²) in [6.45, 7) is 3.28. The Morgan fingerprint density at radius 2 is 1.72 bits per heavy atom. The molecule has 1 fully saturated rings. The van der Waals surface area contributed by atoms with Gasteiger partial charge in [0.05, 0.1) is 0 Å². The van der Waals surface area contributed by atoms with E-state index in [4.69, 9.17) is 9.47 Å². The van der Waals surface area contributed by atoms with E-state index in [0.29, 0.717) is 75.7 Å². The largest absolute Gasteiger partial charge is 0.486 e. The van der Waals surface area contributed by atoms with Crippen LogP contribution < -0.4 is 9.47 Å². The van der Waals surface area contributed by atoms with Gasteiger partial charge in [-0.25, -0.2) is 0 Å². The SMILES string of the molecule is O=CN1CCN(C(=O)CCCC(=O)c2ccc3c(c2)OCCO3)CC1. The topological polar surface area (TPSA) is 76.2 Å². The third-order valence-electron chi connectivity index (χ3n) is 4.47. The van der Waals surface area contributed by atoms with Crippen LogP contribution in [0.5, 0.6) is 11.5 Å². The zero-order valence-corrected chi connectivity index (χ0v) is 14.1. The lowest BCUT2D eigenvalue weighted by molar-refractivity contribution is -0.135. The third kappa shape index (κ3) is 4.29. The Morgan fingerprint density at radius 3 is 2.44 bits per heavy atom. The number of ether oxygens (including phenoxy) is 2. The van der Waals surface area contributed by atoms with E-state index in [1.54, 1.807) is 28.0 Å². The van der Waals surface area contributed by atoms with Crippen LogP contribution >= 0.6 is 0 Å². The minimum absolute atomic E-state index is 0.00412. The molecule has 7 heteroatoms. The predicted octanol–water partition coefficient (Wildman–Crippen LogP) is 1.11. The number of benzene rings is 1. The van der Waals surface area contributed by atoms with Gasteiger partial charge in [0.2, 0.25) is 12.3 Å². The number of carbonyl (C=O) groups excluding carboxylic acids is 3. The minimum atomic E-state index is -0.00412. The van der Waals surface area contributed by atoms with Crippen molar-refractivity contribution in [3.8, 4) is 11.5 Å². The van der Waals surface area contributed by atoms with Crippen molar-refractivity contribution in [1.29, 1.82) is 0 Å². The number of ketones is 1. The highest BCUT2D eigenvalue weighted by molar-refractivity contribution is 5.96. The van der Waals surface area contributed by atoms with Gasteiger partial charge in [0, 0.05) is 44.6 Å². The zero-order chi connectivity index (χ0) is 17.6. The number of fused-ring (bicyclic) bond motifs is 1. The van der Waals surface area contributed by atoms with Gasteiger partial charge in [-0.3, -0.25) is 14.4 Å². The van der Waals surface area contributed by atoms with E-state index in [2.05, 4.69) is 0 Å². The molecule has 0 radical (unpaired) electrons. The van der Waals surface area contributed by atoms with E-state index in [-0.39, 0.29) is 11.7 Å². The lowest BCUT2D eigenvalue weighted by Gasteiger charge is -2.32. The van der Waals surface area contributed by atoms with E-state index < -0.39 is 0 Å². The van der Waals surface area contributed by atoms with E-state index in [1.807, 2.05) is 0 Å². The molecular formula is C18H22N2O5. The van der Waals surface area contributed by atoms with Gasteiger partial charge in [0.25, 0.3) is 0 Å². The maximum Gasteiger partial charge on any atom is 0.222 e. The van der Waals surface area contributed by atoms with Crippen molar-refractivity contribution in [2.24, 2.45) is 0 Å². The number of hydrogen-bond donors (Lipinski definition) is 0. The van der Waals surface area contributed by atoms with Crippen molar-refractivity contribution in [2.45, 2.75) is 19.3 Å². The summed E-state index contributed by atoms with van der Waals surface area (Å²) < 4.78 is 10.9. The van der Waals surface area contributed by atoms with Crippen molar-refractivity contribution in [3.05, 3.63) is 23.8 Å². The fourth-order valence-corrected chi connectivity index (χ4v) is 3.00.